The van der Waals surface area contributed by atoms with Gasteiger partial charge < -0.3 is 15.1 Å². The van der Waals surface area contributed by atoms with Crippen LogP contribution in [0.5, 0.6) is 0 Å². The molecule has 0 bridgehead atoms. The predicted molar refractivity (Wildman–Crippen MR) is 83.5 cm³/mol. The Kier molecular flexibility index (Phi) is 4.58. The maximum Gasteiger partial charge on any atom is 0.254 e. The van der Waals surface area contributed by atoms with Gasteiger partial charge in [0.15, 0.2) is 0 Å². The summed E-state index contributed by atoms with van der Waals surface area (Å²) in [5.41, 5.74) is 1.18. The number of carbonyl (C=O) groups is 1. The van der Waals surface area contributed by atoms with Crippen molar-refractivity contribution in [1.82, 2.24) is 20.3 Å². The first-order valence-electron chi connectivity index (χ1n) is 7.07. The van der Waals surface area contributed by atoms with Crippen molar-refractivity contribution in [2.24, 2.45) is 0 Å². The lowest BCUT2D eigenvalue weighted by atomic mass is 10.3. The Labute approximate surface area is 132 Å². The molecular weight excluding hydrogens is 294 g/mol. The number of carbonyl (C=O) groups excluding carboxylic acids is 1. The first-order valence-corrected chi connectivity index (χ1v) is 7.07. The van der Waals surface area contributed by atoms with E-state index in [-0.39, 0.29) is 5.91 Å². The van der Waals surface area contributed by atoms with E-state index in [0.717, 1.165) is 11.5 Å². The van der Waals surface area contributed by atoms with Crippen LogP contribution in [0.1, 0.15) is 21.8 Å². The van der Waals surface area contributed by atoms with Gasteiger partial charge in [-0.3, -0.25) is 9.78 Å². The fourth-order valence-corrected chi connectivity index (χ4v) is 1.89. The van der Waals surface area contributed by atoms with Crippen LogP contribution in [0.25, 0.3) is 0 Å². The Bertz CT molecular complexity index is 742. The molecule has 3 aromatic heterocycles. The van der Waals surface area contributed by atoms with Gasteiger partial charge in [0.05, 0.1) is 30.6 Å². The summed E-state index contributed by atoms with van der Waals surface area (Å²) in [7, 11) is 0. The summed E-state index contributed by atoms with van der Waals surface area (Å²) < 4.78 is 5.20. The van der Waals surface area contributed by atoms with Gasteiger partial charge in [-0.1, -0.05) is 6.07 Å². The average molecular weight is 309 g/mol. The van der Waals surface area contributed by atoms with Gasteiger partial charge in [0, 0.05) is 18.6 Å². The summed E-state index contributed by atoms with van der Waals surface area (Å²) in [6, 6.07) is 9.21. The number of pyridine rings is 1. The molecule has 0 spiro atoms. The van der Waals surface area contributed by atoms with Crippen molar-refractivity contribution in [3.63, 3.8) is 0 Å². The molecule has 0 aliphatic rings. The Morgan fingerprint density at radius 1 is 1.04 bits per heavy atom. The Hall–Kier alpha value is -3.22. The zero-order chi connectivity index (χ0) is 15.9. The molecule has 0 atom stereocenters. The van der Waals surface area contributed by atoms with E-state index in [1.54, 1.807) is 12.5 Å². The minimum absolute atomic E-state index is 0.242. The second-order valence-electron chi connectivity index (χ2n) is 4.73. The zero-order valence-electron chi connectivity index (χ0n) is 12.3. The average Bonchev–Trinajstić information content (AvgIpc) is 3.13. The zero-order valence-corrected chi connectivity index (χ0v) is 12.3. The van der Waals surface area contributed by atoms with E-state index in [1.807, 2.05) is 30.3 Å². The molecule has 3 rings (SSSR count). The largest absolute Gasteiger partial charge is 0.467 e. The van der Waals surface area contributed by atoms with Gasteiger partial charge in [-0.2, -0.15) is 0 Å². The third-order valence-corrected chi connectivity index (χ3v) is 3.07. The van der Waals surface area contributed by atoms with Gasteiger partial charge in [0.1, 0.15) is 5.76 Å². The molecule has 0 aromatic carbocycles. The Balaban J connectivity index is 1.53. The molecule has 2 N–H and O–H groups in total. The minimum Gasteiger partial charge on any atom is -0.467 e. The van der Waals surface area contributed by atoms with E-state index in [0.29, 0.717) is 24.6 Å². The first-order chi connectivity index (χ1) is 11.3. The van der Waals surface area contributed by atoms with Crippen LogP contribution in [0.3, 0.4) is 0 Å². The molecule has 7 nitrogen and oxygen atoms in total. The standard InChI is InChI=1S/C16H15N5O2/c22-15(18-10-13-4-1-2-6-17-13)12-8-19-16(20-9-12)21-11-14-5-3-7-23-14/h1-9H,10-11H2,(H,18,22)(H,19,20,21). The van der Waals surface area contributed by atoms with Crippen molar-refractivity contribution in [3.8, 4) is 0 Å². The molecule has 0 radical (unpaired) electrons. The summed E-state index contributed by atoms with van der Waals surface area (Å²) in [4.78, 5) is 24.4. The van der Waals surface area contributed by atoms with Gasteiger partial charge in [-0.25, -0.2) is 9.97 Å². The Morgan fingerprint density at radius 3 is 2.61 bits per heavy atom. The summed E-state index contributed by atoms with van der Waals surface area (Å²) in [5, 5.41) is 5.79. The summed E-state index contributed by atoms with van der Waals surface area (Å²) in [6.07, 6.45) is 6.24. The van der Waals surface area contributed by atoms with Crippen molar-refractivity contribution in [3.05, 3.63) is 72.2 Å². The molecule has 0 saturated carbocycles. The van der Waals surface area contributed by atoms with Crippen molar-refractivity contribution in [2.75, 3.05) is 5.32 Å². The van der Waals surface area contributed by atoms with Crippen LogP contribution in [0.15, 0.2) is 59.6 Å². The topological polar surface area (TPSA) is 92.9 Å². The molecule has 0 aliphatic carbocycles. The van der Waals surface area contributed by atoms with Gasteiger partial charge in [0.25, 0.3) is 5.91 Å². The second kappa shape index (κ2) is 7.17. The van der Waals surface area contributed by atoms with Crippen molar-refractivity contribution >= 4 is 11.9 Å². The smallest absolute Gasteiger partial charge is 0.254 e. The number of hydrogen-bond donors (Lipinski definition) is 2. The highest BCUT2D eigenvalue weighted by molar-refractivity contribution is 5.93. The lowest BCUT2D eigenvalue weighted by molar-refractivity contribution is 0.0949. The van der Waals surface area contributed by atoms with Crippen LogP contribution < -0.4 is 10.6 Å². The Morgan fingerprint density at radius 2 is 1.91 bits per heavy atom. The van der Waals surface area contributed by atoms with E-state index in [2.05, 4.69) is 25.6 Å². The number of amides is 1. The number of rotatable bonds is 6. The van der Waals surface area contributed by atoms with Crippen LogP contribution in [0, 0.1) is 0 Å². The number of furan rings is 1. The minimum atomic E-state index is -0.242. The molecule has 7 heteroatoms. The van der Waals surface area contributed by atoms with E-state index < -0.39 is 0 Å². The highest BCUT2D eigenvalue weighted by atomic mass is 16.3. The fourth-order valence-electron chi connectivity index (χ4n) is 1.89. The number of aromatic nitrogens is 3. The molecule has 0 saturated heterocycles. The van der Waals surface area contributed by atoms with E-state index >= 15 is 0 Å². The highest BCUT2D eigenvalue weighted by Gasteiger charge is 2.07. The third-order valence-electron chi connectivity index (χ3n) is 3.07. The van der Waals surface area contributed by atoms with Crippen molar-refractivity contribution in [2.45, 2.75) is 13.1 Å². The van der Waals surface area contributed by atoms with Gasteiger partial charge >= 0.3 is 0 Å². The quantitative estimate of drug-likeness (QED) is 0.723. The molecule has 0 unspecified atom stereocenters. The van der Waals surface area contributed by atoms with Crippen molar-refractivity contribution in [1.29, 1.82) is 0 Å². The molecule has 3 aromatic rings. The lowest BCUT2D eigenvalue weighted by Gasteiger charge is -2.06. The predicted octanol–water partition coefficient (Wildman–Crippen LogP) is 2.01. The van der Waals surface area contributed by atoms with E-state index in [1.165, 1.54) is 12.4 Å². The van der Waals surface area contributed by atoms with Crippen molar-refractivity contribution < 1.29 is 9.21 Å². The fraction of sp³-hybridized carbons (Fsp3) is 0.125. The summed E-state index contributed by atoms with van der Waals surface area (Å²) in [6.45, 7) is 0.844. The lowest BCUT2D eigenvalue weighted by Crippen LogP contribution is -2.23. The van der Waals surface area contributed by atoms with Crippen LogP contribution in [0.4, 0.5) is 5.95 Å². The number of nitrogens with one attached hydrogen (secondary N) is 2. The molecule has 116 valence electrons. The SMILES string of the molecule is O=C(NCc1ccccn1)c1cnc(NCc2ccco2)nc1. The summed E-state index contributed by atoms with van der Waals surface area (Å²) in [5.74, 6) is 0.974. The first kappa shape index (κ1) is 14.7. The highest BCUT2D eigenvalue weighted by Crippen LogP contribution is 2.05. The van der Waals surface area contributed by atoms with Gasteiger partial charge in [-0.05, 0) is 24.3 Å². The molecule has 1 amide bonds. The normalized spacial score (nSPS) is 10.3. The van der Waals surface area contributed by atoms with Crippen LogP contribution in [0.2, 0.25) is 0 Å². The maximum absolute atomic E-state index is 12.0. The van der Waals surface area contributed by atoms with Gasteiger partial charge in [0.2, 0.25) is 5.95 Å². The van der Waals surface area contributed by atoms with E-state index in [4.69, 9.17) is 4.42 Å². The molecule has 0 fully saturated rings. The number of nitrogens with zero attached hydrogens (tertiary/aromatic N) is 3. The van der Waals surface area contributed by atoms with Gasteiger partial charge in [-0.15, -0.1) is 0 Å². The maximum atomic E-state index is 12.0. The second-order valence-corrected chi connectivity index (χ2v) is 4.73. The third kappa shape index (κ3) is 4.13. The molecular formula is C16H15N5O2. The molecule has 23 heavy (non-hydrogen) atoms. The number of anilines is 1. The molecule has 3 heterocycles. The molecule has 0 aliphatic heterocycles. The monoisotopic (exact) mass is 309 g/mol. The van der Waals surface area contributed by atoms with Crippen LogP contribution in [-0.2, 0) is 13.1 Å². The van der Waals surface area contributed by atoms with Crippen LogP contribution in [-0.4, -0.2) is 20.9 Å². The van der Waals surface area contributed by atoms with Crippen LogP contribution >= 0.6 is 0 Å². The van der Waals surface area contributed by atoms with E-state index in [9.17, 15) is 4.79 Å². The number of hydrogen-bond acceptors (Lipinski definition) is 6. The summed E-state index contributed by atoms with van der Waals surface area (Å²) >= 11 is 0.